The fraction of sp³-hybridized carbons (Fsp3) is 0.429. The van der Waals surface area contributed by atoms with Crippen LogP contribution in [0.25, 0.3) is 0 Å². The van der Waals surface area contributed by atoms with Crippen LogP contribution in [0.1, 0.15) is 32.6 Å². The highest BCUT2D eigenvalue weighted by Crippen LogP contribution is 2.27. The first kappa shape index (κ1) is 13.1. The van der Waals surface area contributed by atoms with E-state index in [1.807, 2.05) is 31.2 Å². The molecule has 0 atom stereocenters. The Hall–Kier alpha value is -1.34. The highest BCUT2D eigenvalue weighted by Gasteiger charge is 2.24. The summed E-state index contributed by atoms with van der Waals surface area (Å²) in [5, 5.41) is 3.13. The van der Waals surface area contributed by atoms with Crippen LogP contribution < -0.4 is 10.1 Å². The summed E-state index contributed by atoms with van der Waals surface area (Å²) in [5.74, 6) is 0.626. The lowest BCUT2D eigenvalue weighted by Crippen LogP contribution is -2.17. The molecule has 1 N–H and O–H groups in total. The van der Waals surface area contributed by atoms with Gasteiger partial charge in [-0.3, -0.25) is 4.79 Å². The Morgan fingerprint density at radius 2 is 1.89 bits per heavy atom. The Morgan fingerprint density at radius 1 is 1.28 bits per heavy atom. The number of carbonyl (C=O) groups excluding carboxylic acids is 1. The number of nitrogens with one attached hydrogen (secondary N) is 1. The van der Waals surface area contributed by atoms with Gasteiger partial charge in [-0.15, -0.1) is 8.86 Å². The minimum absolute atomic E-state index is 0.0870. The molecule has 4 heteroatoms. The fourth-order valence-corrected chi connectivity index (χ4v) is 2.33. The Kier molecular flexibility index (Phi) is 4.38. The van der Waals surface area contributed by atoms with E-state index in [1.165, 1.54) is 0 Å². The molecule has 0 amide bonds. The molecule has 0 unspecified atom stereocenters. The maximum absolute atomic E-state index is 11.8. The van der Waals surface area contributed by atoms with Crippen molar-refractivity contribution in [2.24, 2.45) is 5.92 Å². The van der Waals surface area contributed by atoms with Crippen molar-refractivity contribution >= 4 is 25.9 Å². The van der Waals surface area contributed by atoms with E-state index >= 15 is 0 Å². The van der Waals surface area contributed by atoms with E-state index in [0.717, 1.165) is 36.8 Å². The molecule has 0 heterocycles. The standard InChI is InChI=1S/C14H18NO2P/c1-10(18)15-12-6-8-13(9-7-12)17-14(16)11-4-2-3-5-11/h6-9,11,15,18H,2-5H2,1H3. The minimum Gasteiger partial charge on any atom is -0.426 e. The summed E-state index contributed by atoms with van der Waals surface area (Å²) in [7, 11) is 3.38. The molecule has 3 nitrogen and oxygen atoms in total. The van der Waals surface area contributed by atoms with Crippen LogP contribution in [-0.4, -0.2) is 11.4 Å². The van der Waals surface area contributed by atoms with Crippen LogP contribution in [0.15, 0.2) is 24.3 Å². The SMILES string of the molecule is CC(=P)Nc1ccc(OC(=O)C2CCCC2)cc1. The van der Waals surface area contributed by atoms with E-state index in [-0.39, 0.29) is 11.9 Å². The van der Waals surface area contributed by atoms with Crippen LogP contribution in [-0.2, 0) is 4.79 Å². The van der Waals surface area contributed by atoms with Gasteiger partial charge in [0.15, 0.2) is 0 Å². The summed E-state index contributed by atoms with van der Waals surface area (Å²) in [6.07, 6.45) is 4.22. The van der Waals surface area contributed by atoms with Crippen molar-refractivity contribution in [2.45, 2.75) is 32.6 Å². The van der Waals surface area contributed by atoms with Crippen molar-refractivity contribution in [3.63, 3.8) is 0 Å². The zero-order chi connectivity index (χ0) is 13.0. The molecule has 0 saturated heterocycles. The molecule has 0 spiro atoms. The van der Waals surface area contributed by atoms with Gasteiger partial charge >= 0.3 is 5.97 Å². The van der Waals surface area contributed by atoms with E-state index in [9.17, 15) is 4.79 Å². The summed E-state index contributed by atoms with van der Waals surface area (Å²) < 4.78 is 5.37. The van der Waals surface area contributed by atoms with Gasteiger partial charge in [0.1, 0.15) is 5.75 Å². The highest BCUT2D eigenvalue weighted by molar-refractivity contribution is 7.21. The van der Waals surface area contributed by atoms with E-state index in [0.29, 0.717) is 5.75 Å². The highest BCUT2D eigenvalue weighted by atomic mass is 31.0. The molecule has 1 fully saturated rings. The molecule has 1 aliphatic carbocycles. The van der Waals surface area contributed by atoms with Gasteiger partial charge in [0, 0.05) is 11.1 Å². The van der Waals surface area contributed by atoms with Crippen molar-refractivity contribution in [2.75, 3.05) is 5.32 Å². The molecule has 1 aliphatic rings. The van der Waals surface area contributed by atoms with Crippen LogP contribution in [0.2, 0.25) is 0 Å². The maximum atomic E-state index is 11.8. The van der Waals surface area contributed by atoms with Crippen molar-refractivity contribution < 1.29 is 9.53 Å². The Labute approximate surface area is 110 Å². The normalized spacial score (nSPS) is 15.4. The quantitative estimate of drug-likeness (QED) is 0.513. The van der Waals surface area contributed by atoms with Gasteiger partial charge in [-0.2, -0.15) is 0 Å². The van der Waals surface area contributed by atoms with Gasteiger partial charge < -0.3 is 10.1 Å². The molecule has 1 aromatic carbocycles. The number of hydrogen-bond donors (Lipinski definition) is 1. The first-order valence-electron chi connectivity index (χ1n) is 6.29. The molecule has 0 radical (unpaired) electrons. The van der Waals surface area contributed by atoms with Crippen molar-refractivity contribution in [1.29, 1.82) is 0 Å². The third-order valence-electron chi connectivity index (χ3n) is 3.09. The summed E-state index contributed by atoms with van der Waals surface area (Å²) in [4.78, 5) is 11.8. The number of rotatable bonds is 4. The van der Waals surface area contributed by atoms with Gasteiger partial charge in [0.25, 0.3) is 0 Å². The van der Waals surface area contributed by atoms with E-state index in [1.54, 1.807) is 0 Å². The summed E-state index contributed by atoms with van der Waals surface area (Å²) in [6.45, 7) is 1.92. The van der Waals surface area contributed by atoms with Gasteiger partial charge in [-0.05, 0) is 44.0 Å². The monoisotopic (exact) mass is 263 g/mol. The van der Waals surface area contributed by atoms with Gasteiger partial charge in [0.05, 0.1) is 5.92 Å². The fourth-order valence-electron chi connectivity index (χ4n) is 2.18. The molecule has 1 saturated carbocycles. The Morgan fingerprint density at radius 3 is 2.44 bits per heavy atom. The number of esters is 1. The number of benzene rings is 1. The first-order valence-corrected chi connectivity index (χ1v) is 6.79. The van der Waals surface area contributed by atoms with Gasteiger partial charge in [0.2, 0.25) is 0 Å². The average Bonchev–Trinajstić information content (AvgIpc) is 2.84. The Bertz CT molecular complexity index is 436. The van der Waals surface area contributed by atoms with E-state index in [2.05, 4.69) is 14.2 Å². The second-order valence-electron chi connectivity index (χ2n) is 4.68. The van der Waals surface area contributed by atoms with Crippen molar-refractivity contribution in [3.8, 4) is 5.75 Å². The Balaban J connectivity index is 1.93. The molecule has 0 aromatic heterocycles. The van der Waals surface area contributed by atoms with Crippen LogP contribution >= 0.6 is 8.86 Å². The molecular weight excluding hydrogens is 245 g/mol. The molecule has 1 aromatic rings. The molecule has 0 aliphatic heterocycles. The second kappa shape index (κ2) is 6.01. The van der Waals surface area contributed by atoms with Crippen LogP contribution in [0.3, 0.4) is 0 Å². The van der Waals surface area contributed by atoms with Crippen LogP contribution in [0.4, 0.5) is 5.69 Å². The molecule has 0 bridgehead atoms. The predicted molar refractivity (Wildman–Crippen MR) is 76.7 cm³/mol. The topological polar surface area (TPSA) is 38.3 Å². The molecular formula is C14H18NO2P. The third kappa shape index (κ3) is 3.58. The number of hydrogen-bond acceptors (Lipinski definition) is 2. The zero-order valence-corrected chi connectivity index (χ0v) is 11.5. The number of carbonyl (C=O) groups is 1. The predicted octanol–water partition coefficient (Wildman–Crippen LogP) is 3.49. The maximum Gasteiger partial charge on any atom is 0.314 e. The van der Waals surface area contributed by atoms with Gasteiger partial charge in [-0.1, -0.05) is 12.8 Å². The van der Waals surface area contributed by atoms with E-state index < -0.39 is 0 Å². The first-order chi connectivity index (χ1) is 8.65. The van der Waals surface area contributed by atoms with Crippen LogP contribution in [0, 0.1) is 5.92 Å². The second-order valence-corrected chi connectivity index (χ2v) is 5.43. The molecule has 2 rings (SSSR count). The lowest BCUT2D eigenvalue weighted by molar-refractivity contribution is -0.138. The molecule has 18 heavy (non-hydrogen) atoms. The van der Waals surface area contributed by atoms with E-state index in [4.69, 9.17) is 4.74 Å². The lowest BCUT2D eigenvalue weighted by atomic mass is 10.1. The smallest absolute Gasteiger partial charge is 0.314 e. The number of anilines is 1. The third-order valence-corrected chi connectivity index (χ3v) is 3.22. The number of ether oxygens (including phenoxy) is 1. The van der Waals surface area contributed by atoms with Gasteiger partial charge in [-0.25, -0.2) is 0 Å². The summed E-state index contributed by atoms with van der Waals surface area (Å²) in [6, 6.07) is 7.40. The van der Waals surface area contributed by atoms with Crippen LogP contribution in [0.5, 0.6) is 5.75 Å². The molecule has 96 valence electrons. The lowest BCUT2D eigenvalue weighted by Gasteiger charge is -2.10. The van der Waals surface area contributed by atoms with Crippen molar-refractivity contribution in [1.82, 2.24) is 0 Å². The average molecular weight is 263 g/mol. The minimum atomic E-state index is -0.0870. The summed E-state index contributed by atoms with van der Waals surface area (Å²) >= 11 is 0. The summed E-state index contributed by atoms with van der Waals surface area (Å²) in [5.41, 5.74) is 1.90. The zero-order valence-electron chi connectivity index (χ0n) is 10.5. The van der Waals surface area contributed by atoms with Crippen molar-refractivity contribution in [3.05, 3.63) is 24.3 Å². The largest absolute Gasteiger partial charge is 0.426 e.